The zero-order chi connectivity index (χ0) is 3.41. The number of hydrogen-bond donors (Lipinski definition) is 0. The maximum atomic E-state index is 3.49. The zero-order valence-corrected chi connectivity index (χ0v) is 4.11. The molecule has 4 heavy (non-hydrogen) atoms. The predicted octanol–water partition coefficient (Wildman–Crippen LogP) is 0.759. The summed E-state index contributed by atoms with van der Waals surface area (Å²) in [6.07, 6.45) is 1.89. The molecule has 0 heterocycles. The van der Waals surface area contributed by atoms with Gasteiger partial charge in [0.25, 0.3) is 0 Å². The maximum Gasteiger partial charge on any atom is 0.228 e. The van der Waals surface area contributed by atoms with Crippen LogP contribution in [0.1, 0.15) is 0 Å². The van der Waals surface area contributed by atoms with Gasteiger partial charge in [-0.3, -0.25) is 0 Å². The molecule has 0 amide bonds. The van der Waals surface area contributed by atoms with Gasteiger partial charge in [-0.05, 0) is 0 Å². The van der Waals surface area contributed by atoms with Gasteiger partial charge in [0.2, 0.25) is 21.7 Å². The molecule has 0 aliphatic heterocycles. The molecule has 0 saturated heterocycles. The zero-order valence-electron chi connectivity index (χ0n) is 2.70. The molecule has 0 aromatic carbocycles. The minimum atomic E-state index is 1.11. The molecule has 1 heteroatoms. The smallest absolute Gasteiger partial charge is 0.160 e. The molecule has 0 unspecified atom stereocenters. The summed E-state index contributed by atoms with van der Waals surface area (Å²) in [4.78, 5) is 0. The first-order valence-electron chi connectivity index (χ1n) is 1.32. The van der Waals surface area contributed by atoms with E-state index in [1.807, 2.05) is 27.8 Å². The molecule has 0 atom stereocenters. The highest BCUT2D eigenvalue weighted by Gasteiger charge is 1.45. The Hall–Kier alpha value is 0.506. The first-order chi connectivity index (χ1) is 1.91. The Morgan fingerprint density at radius 3 is 2.25 bits per heavy atom. The summed E-state index contributed by atoms with van der Waals surface area (Å²) in [5.41, 5.74) is 0. The third kappa shape index (κ3) is 2.51. The SMILES string of the molecule is C=C[CH2][Mg]. The van der Waals surface area contributed by atoms with Crippen molar-refractivity contribution in [1.82, 2.24) is 0 Å². The van der Waals surface area contributed by atoms with Crippen LogP contribution in [0.15, 0.2) is 12.7 Å². The molecule has 0 bridgehead atoms. The maximum absolute atomic E-state index is 3.49. The molecule has 0 aliphatic rings. The molecule has 0 aromatic heterocycles. The minimum Gasteiger partial charge on any atom is -0.160 e. The monoisotopic (exact) mass is 65.0 g/mol. The molecule has 0 fully saturated rings. The molecule has 0 N–H and O–H groups in total. The molecule has 0 spiro atoms. The summed E-state index contributed by atoms with van der Waals surface area (Å²) < 4.78 is 1.11. The van der Waals surface area contributed by atoms with E-state index in [4.69, 9.17) is 0 Å². The number of hydrogen-bond acceptors (Lipinski definition) is 0. The summed E-state index contributed by atoms with van der Waals surface area (Å²) in [5.74, 6) is 0. The van der Waals surface area contributed by atoms with Crippen molar-refractivity contribution in [3.05, 3.63) is 12.7 Å². The van der Waals surface area contributed by atoms with Gasteiger partial charge < -0.3 is 0 Å². The molecule has 1 radical (unpaired) electrons. The molecule has 19 valence electrons. The molecule has 0 saturated carbocycles. The summed E-state index contributed by atoms with van der Waals surface area (Å²) in [6, 6.07) is 0. The lowest BCUT2D eigenvalue weighted by molar-refractivity contribution is 1.76. The lowest BCUT2D eigenvalue weighted by Crippen LogP contribution is -1.47. The van der Waals surface area contributed by atoms with Gasteiger partial charge in [0.1, 0.15) is 0 Å². The second-order valence-corrected chi connectivity index (χ2v) is 1.15. The summed E-state index contributed by atoms with van der Waals surface area (Å²) in [7, 11) is 0. The van der Waals surface area contributed by atoms with Gasteiger partial charge in [-0.1, -0.05) is 0 Å². The first-order valence-corrected chi connectivity index (χ1v) is 2.32. The third-order valence-corrected chi connectivity index (χ3v) is 0.612. The highest BCUT2D eigenvalue weighted by atomic mass is 24.4. The average molecular weight is 65.4 g/mol. The van der Waals surface area contributed by atoms with E-state index in [2.05, 4.69) is 6.58 Å². The van der Waals surface area contributed by atoms with E-state index in [-0.39, 0.29) is 0 Å². The van der Waals surface area contributed by atoms with Crippen LogP contribution in [0.4, 0.5) is 0 Å². The van der Waals surface area contributed by atoms with Crippen LogP contribution in [0.25, 0.3) is 0 Å². The molecule has 0 nitrogen and oxygen atoms in total. The van der Waals surface area contributed by atoms with Crippen LogP contribution >= 0.6 is 0 Å². The Balaban J connectivity index is 2.30. The Kier molecular flexibility index (Phi) is 3.95. The fourth-order valence-electron chi connectivity index (χ4n) is 0. The van der Waals surface area contributed by atoms with Crippen molar-refractivity contribution in [2.75, 3.05) is 0 Å². The normalized spacial score (nSPS) is 5.75. The van der Waals surface area contributed by atoms with Crippen LogP contribution in [-0.2, 0) is 0 Å². The van der Waals surface area contributed by atoms with Gasteiger partial charge >= 0.3 is 0 Å². The van der Waals surface area contributed by atoms with Crippen molar-refractivity contribution < 1.29 is 0 Å². The summed E-state index contributed by atoms with van der Waals surface area (Å²) >= 11 is 1.90. The van der Waals surface area contributed by atoms with Crippen molar-refractivity contribution in [2.24, 2.45) is 0 Å². The lowest BCUT2D eigenvalue weighted by Gasteiger charge is -1.59. The molecule has 0 aromatic rings. The molecular weight excluding hydrogens is 60.3 g/mol. The Morgan fingerprint density at radius 1 is 2.00 bits per heavy atom. The predicted molar refractivity (Wildman–Crippen MR) is 20.8 cm³/mol. The molecule has 0 aliphatic carbocycles. The Bertz CT molecular complexity index is 17.2. The van der Waals surface area contributed by atoms with Gasteiger partial charge in [-0.25, -0.2) is 0 Å². The van der Waals surface area contributed by atoms with Gasteiger partial charge in [-0.15, -0.1) is 12.7 Å². The van der Waals surface area contributed by atoms with E-state index in [0.717, 1.165) is 4.55 Å². The van der Waals surface area contributed by atoms with Crippen molar-refractivity contribution >= 4 is 21.7 Å². The van der Waals surface area contributed by atoms with Crippen molar-refractivity contribution in [3.63, 3.8) is 0 Å². The Labute approximate surface area is 39.3 Å². The van der Waals surface area contributed by atoms with Crippen LogP contribution in [-0.4, -0.2) is 21.7 Å². The van der Waals surface area contributed by atoms with E-state index in [1.54, 1.807) is 0 Å². The Morgan fingerprint density at radius 2 is 2.25 bits per heavy atom. The second kappa shape index (κ2) is 3.51. The van der Waals surface area contributed by atoms with E-state index < -0.39 is 0 Å². The highest BCUT2D eigenvalue weighted by molar-refractivity contribution is 6.09. The summed E-state index contributed by atoms with van der Waals surface area (Å²) in [6.45, 7) is 3.49. The fourth-order valence-corrected chi connectivity index (χ4v) is 0. The van der Waals surface area contributed by atoms with Crippen LogP contribution < -0.4 is 0 Å². The van der Waals surface area contributed by atoms with Crippen LogP contribution in [0.5, 0.6) is 0 Å². The van der Waals surface area contributed by atoms with E-state index in [9.17, 15) is 0 Å². The van der Waals surface area contributed by atoms with Crippen molar-refractivity contribution in [1.29, 1.82) is 0 Å². The standard InChI is InChI=1S/C3H5.Mg/c1-3-2;/h3H,1-2H2;. The van der Waals surface area contributed by atoms with E-state index >= 15 is 0 Å². The topological polar surface area (TPSA) is 0 Å². The molecule has 0 rings (SSSR count). The number of rotatable bonds is 1. The quantitative estimate of drug-likeness (QED) is 0.312. The van der Waals surface area contributed by atoms with Crippen LogP contribution in [0, 0.1) is 0 Å². The van der Waals surface area contributed by atoms with E-state index in [0.29, 0.717) is 0 Å². The van der Waals surface area contributed by atoms with E-state index in [1.165, 1.54) is 0 Å². The third-order valence-electron chi connectivity index (χ3n) is 0.204. The van der Waals surface area contributed by atoms with Crippen LogP contribution in [0.2, 0.25) is 4.55 Å². The largest absolute Gasteiger partial charge is 0.228 e. The average Bonchev–Trinajstić information content (AvgIpc) is 1.37. The minimum absolute atomic E-state index is 1.11. The highest BCUT2D eigenvalue weighted by Crippen LogP contribution is 1.61. The van der Waals surface area contributed by atoms with Gasteiger partial charge in [0, 0.05) is 0 Å². The lowest BCUT2D eigenvalue weighted by atomic mass is 10.8. The van der Waals surface area contributed by atoms with Crippen molar-refractivity contribution in [2.45, 2.75) is 4.55 Å². The number of allylic oxidation sites excluding steroid dienone is 1. The summed E-state index contributed by atoms with van der Waals surface area (Å²) in [5, 5.41) is 0. The van der Waals surface area contributed by atoms with Crippen molar-refractivity contribution in [3.8, 4) is 0 Å². The van der Waals surface area contributed by atoms with Gasteiger partial charge in [0.15, 0.2) is 0 Å². The fraction of sp³-hybridized carbons (Fsp3) is 0.333. The van der Waals surface area contributed by atoms with Gasteiger partial charge in [0.05, 0.1) is 0 Å². The van der Waals surface area contributed by atoms with Gasteiger partial charge in [-0.2, -0.15) is 4.55 Å². The molecular formula is C3H5Mg. The second-order valence-electron chi connectivity index (χ2n) is 0.577. The van der Waals surface area contributed by atoms with Crippen LogP contribution in [0.3, 0.4) is 0 Å². The first kappa shape index (κ1) is 4.51.